The van der Waals surface area contributed by atoms with Crippen LogP contribution in [-0.4, -0.2) is 29.6 Å². The van der Waals surface area contributed by atoms with Crippen LogP contribution in [0.1, 0.15) is 53.0 Å². The van der Waals surface area contributed by atoms with Crippen molar-refractivity contribution in [2.24, 2.45) is 0 Å². The molecule has 0 aliphatic carbocycles. The molecule has 1 atom stereocenters. The monoisotopic (exact) mass is 274 g/mol. The Hall–Kier alpha value is -0.860. The molecular formula is C18H30N2. The van der Waals surface area contributed by atoms with Gasteiger partial charge in [-0.25, -0.2) is 0 Å². The van der Waals surface area contributed by atoms with Gasteiger partial charge in [0, 0.05) is 24.7 Å². The highest BCUT2D eigenvalue weighted by molar-refractivity contribution is 5.26. The third kappa shape index (κ3) is 2.64. The summed E-state index contributed by atoms with van der Waals surface area (Å²) in [5, 5.41) is 3.86. The van der Waals surface area contributed by atoms with Crippen LogP contribution in [0, 0.1) is 0 Å². The lowest BCUT2D eigenvalue weighted by molar-refractivity contribution is -0.0141. The molecule has 0 radical (unpaired) electrons. The Bertz CT molecular complexity index is 422. The van der Waals surface area contributed by atoms with Gasteiger partial charge in [0.2, 0.25) is 0 Å². The molecule has 20 heavy (non-hydrogen) atoms. The summed E-state index contributed by atoms with van der Waals surface area (Å²) in [6, 6.07) is 11.5. The fourth-order valence-electron chi connectivity index (χ4n) is 3.56. The van der Waals surface area contributed by atoms with Gasteiger partial charge in [-0.15, -0.1) is 0 Å². The van der Waals surface area contributed by atoms with Gasteiger partial charge in [0.05, 0.1) is 5.54 Å². The maximum absolute atomic E-state index is 3.86. The second-order valence-corrected chi connectivity index (χ2v) is 6.70. The number of nitrogens with zero attached hydrogens (tertiary/aromatic N) is 1. The Labute approximate surface area is 124 Å². The Kier molecular flexibility index (Phi) is 4.55. The molecule has 1 N–H and O–H groups in total. The minimum Gasteiger partial charge on any atom is -0.308 e. The van der Waals surface area contributed by atoms with Crippen molar-refractivity contribution in [2.45, 2.75) is 64.6 Å². The predicted molar refractivity (Wildman–Crippen MR) is 87.0 cm³/mol. The summed E-state index contributed by atoms with van der Waals surface area (Å²) in [6.45, 7) is 13.8. The second-order valence-electron chi connectivity index (χ2n) is 6.70. The van der Waals surface area contributed by atoms with Crippen LogP contribution in [0.15, 0.2) is 30.3 Å². The van der Waals surface area contributed by atoms with Crippen molar-refractivity contribution in [3.05, 3.63) is 35.9 Å². The molecule has 1 aliphatic rings. The van der Waals surface area contributed by atoms with E-state index in [1.807, 2.05) is 0 Å². The fraction of sp³-hybridized carbons (Fsp3) is 0.667. The Morgan fingerprint density at radius 2 is 1.75 bits per heavy atom. The average molecular weight is 274 g/mol. The lowest BCUT2D eigenvalue weighted by Gasteiger charge is -2.55. The van der Waals surface area contributed by atoms with Crippen molar-refractivity contribution in [1.82, 2.24) is 10.2 Å². The highest BCUT2D eigenvalue weighted by Crippen LogP contribution is 2.36. The minimum atomic E-state index is 0.0866. The molecule has 0 aromatic heterocycles. The van der Waals surface area contributed by atoms with E-state index in [0.717, 1.165) is 13.1 Å². The molecular weight excluding hydrogens is 244 g/mol. The first-order chi connectivity index (χ1) is 9.47. The highest BCUT2D eigenvalue weighted by Gasteiger charge is 2.45. The molecule has 0 amide bonds. The van der Waals surface area contributed by atoms with Crippen LogP contribution in [-0.2, 0) is 5.54 Å². The molecule has 0 saturated carbocycles. The van der Waals surface area contributed by atoms with Gasteiger partial charge in [0.15, 0.2) is 0 Å². The van der Waals surface area contributed by atoms with Gasteiger partial charge in [-0.05, 0) is 39.2 Å². The van der Waals surface area contributed by atoms with Crippen molar-refractivity contribution in [2.75, 3.05) is 13.1 Å². The average Bonchev–Trinajstić information content (AvgIpc) is 2.49. The van der Waals surface area contributed by atoms with Crippen molar-refractivity contribution in [1.29, 1.82) is 0 Å². The zero-order chi connectivity index (χ0) is 14.8. The van der Waals surface area contributed by atoms with E-state index in [-0.39, 0.29) is 11.1 Å². The van der Waals surface area contributed by atoms with Crippen LogP contribution in [0.4, 0.5) is 0 Å². The normalized spacial score (nSPS) is 26.9. The summed E-state index contributed by atoms with van der Waals surface area (Å²) in [5.41, 5.74) is 1.78. The van der Waals surface area contributed by atoms with Crippen LogP contribution in [0.2, 0.25) is 0 Å². The molecule has 0 bridgehead atoms. The van der Waals surface area contributed by atoms with Crippen molar-refractivity contribution >= 4 is 0 Å². The van der Waals surface area contributed by atoms with Crippen molar-refractivity contribution in [3.63, 3.8) is 0 Å². The fourth-order valence-corrected chi connectivity index (χ4v) is 3.56. The molecule has 2 rings (SSSR count). The summed E-state index contributed by atoms with van der Waals surface area (Å²) in [4.78, 5) is 2.69. The van der Waals surface area contributed by atoms with Gasteiger partial charge in [-0.1, -0.05) is 44.2 Å². The molecule has 2 nitrogen and oxygen atoms in total. The molecule has 112 valence electrons. The molecule has 1 aromatic carbocycles. The van der Waals surface area contributed by atoms with Crippen LogP contribution in [0.25, 0.3) is 0 Å². The van der Waals surface area contributed by atoms with E-state index in [1.54, 1.807) is 0 Å². The van der Waals surface area contributed by atoms with Crippen molar-refractivity contribution in [3.8, 4) is 0 Å². The van der Waals surface area contributed by atoms with Crippen LogP contribution >= 0.6 is 0 Å². The Morgan fingerprint density at radius 1 is 1.15 bits per heavy atom. The standard InChI is InChI=1S/C18H30N2/c1-6-18(7-2)14-20(15(3)4)17(5,13-19-18)16-11-9-8-10-12-16/h8-12,15,19H,6-7,13-14H2,1-5H3. The number of hydrogen-bond donors (Lipinski definition) is 1. The highest BCUT2D eigenvalue weighted by atomic mass is 15.3. The van der Waals surface area contributed by atoms with Crippen LogP contribution in [0.5, 0.6) is 0 Å². The number of rotatable bonds is 4. The molecule has 1 saturated heterocycles. The van der Waals surface area contributed by atoms with Gasteiger partial charge in [-0.3, -0.25) is 4.90 Å². The first-order valence-corrected chi connectivity index (χ1v) is 8.05. The summed E-state index contributed by atoms with van der Waals surface area (Å²) in [7, 11) is 0. The predicted octanol–water partition coefficient (Wildman–Crippen LogP) is 3.77. The molecule has 1 heterocycles. The zero-order valence-electron chi connectivity index (χ0n) is 13.7. The van der Waals surface area contributed by atoms with Gasteiger partial charge in [-0.2, -0.15) is 0 Å². The third-order valence-electron chi connectivity index (χ3n) is 5.29. The van der Waals surface area contributed by atoms with E-state index in [2.05, 4.69) is 75.2 Å². The molecule has 1 aliphatic heterocycles. The molecule has 1 fully saturated rings. The molecule has 2 heteroatoms. The molecule has 1 aromatic rings. The summed E-state index contributed by atoms with van der Waals surface area (Å²) < 4.78 is 0. The summed E-state index contributed by atoms with van der Waals surface area (Å²) in [6.07, 6.45) is 2.38. The van der Waals surface area contributed by atoms with Crippen molar-refractivity contribution < 1.29 is 0 Å². The topological polar surface area (TPSA) is 15.3 Å². The summed E-state index contributed by atoms with van der Waals surface area (Å²) in [5.74, 6) is 0. The number of benzene rings is 1. The lowest BCUT2D eigenvalue weighted by Crippen LogP contribution is -2.68. The maximum Gasteiger partial charge on any atom is 0.0560 e. The van der Waals surface area contributed by atoms with E-state index < -0.39 is 0 Å². The van der Waals surface area contributed by atoms with Gasteiger partial charge >= 0.3 is 0 Å². The van der Waals surface area contributed by atoms with E-state index in [1.165, 1.54) is 18.4 Å². The third-order valence-corrected chi connectivity index (χ3v) is 5.29. The first kappa shape index (κ1) is 15.5. The van der Waals surface area contributed by atoms with Gasteiger partial charge in [0.1, 0.15) is 0 Å². The quantitative estimate of drug-likeness (QED) is 0.899. The van der Waals surface area contributed by atoms with E-state index in [9.17, 15) is 0 Å². The van der Waals surface area contributed by atoms with Crippen LogP contribution in [0.3, 0.4) is 0 Å². The van der Waals surface area contributed by atoms with E-state index in [4.69, 9.17) is 0 Å². The largest absolute Gasteiger partial charge is 0.308 e. The Balaban J connectivity index is 2.35. The smallest absolute Gasteiger partial charge is 0.0560 e. The zero-order valence-corrected chi connectivity index (χ0v) is 13.7. The lowest BCUT2D eigenvalue weighted by atomic mass is 9.80. The molecule has 0 spiro atoms. The van der Waals surface area contributed by atoms with Gasteiger partial charge in [0.25, 0.3) is 0 Å². The van der Waals surface area contributed by atoms with E-state index >= 15 is 0 Å². The molecule has 1 unspecified atom stereocenters. The minimum absolute atomic E-state index is 0.0866. The van der Waals surface area contributed by atoms with Gasteiger partial charge < -0.3 is 5.32 Å². The Morgan fingerprint density at radius 3 is 2.25 bits per heavy atom. The summed E-state index contributed by atoms with van der Waals surface area (Å²) >= 11 is 0. The number of hydrogen-bond acceptors (Lipinski definition) is 2. The maximum atomic E-state index is 3.86. The first-order valence-electron chi connectivity index (χ1n) is 8.05. The van der Waals surface area contributed by atoms with E-state index in [0.29, 0.717) is 6.04 Å². The number of nitrogens with one attached hydrogen (secondary N) is 1. The van der Waals surface area contributed by atoms with Crippen LogP contribution < -0.4 is 5.32 Å². The SMILES string of the molecule is CCC1(CC)CN(C(C)C)C(C)(c2ccccc2)CN1. The second kappa shape index (κ2) is 5.87. The number of piperazine rings is 1.